The highest BCUT2D eigenvalue weighted by molar-refractivity contribution is 5.94. The van der Waals surface area contributed by atoms with Crippen molar-refractivity contribution < 1.29 is 9.15 Å². The second-order valence-electron chi connectivity index (χ2n) is 3.94. The molecule has 0 saturated carbocycles. The average Bonchev–Trinajstić information content (AvgIpc) is 3.03. The van der Waals surface area contributed by atoms with Crippen LogP contribution < -0.4 is 10.5 Å². The number of fused-ring (bicyclic) bond motifs is 1. The molecule has 0 aliphatic rings. The fourth-order valence-electron chi connectivity index (χ4n) is 1.96. The normalized spacial score (nSPS) is 11.0. The summed E-state index contributed by atoms with van der Waals surface area (Å²) in [6.45, 7) is 0.297. The minimum absolute atomic E-state index is 0.297. The Hall–Kier alpha value is -2.27. The van der Waals surface area contributed by atoms with Gasteiger partial charge in [-0.3, -0.25) is 0 Å². The van der Waals surface area contributed by atoms with Gasteiger partial charge in [0.25, 0.3) is 0 Å². The first-order valence-corrected chi connectivity index (χ1v) is 5.62. The lowest BCUT2D eigenvalue weighted by atomic mass is 10.1. The van der Waals surface area contributed by atoms with E-state index in [0.29, 0.717) is 18.2 Å². The minimum Gasteiger partial charge on any atom is -0.497 e. The number of oxazole rings is 1. The van der Waals surface area contributed by atoms with Crippen LogP contribution in [-0.4, -0.2) is 17.1 Å². The second-order valence-corrected chi connectivity index (χ2v) is 3.94. The minimum atomic E-state index is 0.297. The van der Waals surface area contributed by atoms with E-state index >= 15 is 0 Å². The van der Waals surface area contributed by atoms with Crippen LogP contribution in [0, 0.1) is 0 Å². The number of hydrogen-bond donors (Lipinski definition) is 2. The van der Waals surface area contributed by atoms with E-state index in [2.05, 4.69) is 9.97 Å². The molecule has 0 atom stereocenters. The number of methoxy groups -OCH3 is 1. The van der Waals surface area contributed by atoms with E-state index in [1.54, 1.807) is 13.3 Å². The van der Waals surface area contributed by atoms with Gasteiger partial charge in [-0.25, -0.2) is 4.98 Å². The summed E-state index contributed by atoms with van der Waals surface area (Å²) < 4.78 is 10.8. The first-order valence-electron chi connectivity index (χ1n) is 5.62. The number of H-pyrrole nitrogens is 1. The molecule has 0 spiro atoms. The summed E-state index contributed by atoms with van der Waals surface area (Å²) in [5, 5.41) is 1.04. The van der Waals surface area contributed by atoms with Crippen molar-refractivity contribution in [3.05, 3.63) is 36.5 Å². The lowest BCUT2D eigenvalue weighted by Crippen LogP contribution is -1.94. The first-order chi connectivity index (χ1) is 8.81. The monoisotopic (exact) mass is 243 g/mol. The Labute approximate surface area is 104 Å². The van der Waals surface area contributed by atoms with Gasteiger partial charge < -0.3 is 19.9 Å². The topological polar surface area (TPSA) is 77.1 Å². The van der Waals surface area contributed by atoms with Gasteiger partial charge in [0.15, 0.2) is 5.76 Å². The quantitative estimate of drug-likeness (QED) is 0.739. The molecular formula is C13H13N3O2. The van der Waals surface area contributed by atoms with Gasteiger partial charge in [-0.05, 0) is 18.2 Å². The van der Waals surface area contributed by atoms with Gasteiger partial charge in [0, 0.05) is 22.7 Å². The lowest BCUT2D eigenvalue weighted by Gasteiger charge is -2.00. The number of aromatic nitrogens is 2. The third kappa shape index (κ3) is 1.65. The molecule has 0 saturated heterocycles. The van der Waals surface area contributed by atoms with Crippen molar-refractivity contribution >= 4 is 10.9 Å². The van der Waals surface area contributed by atoms with Crippen LogP contribution in [0.3, 0.4) is 0 Å². The molecule has 3 N–H and O–H groups in total. The molecule has 18 heavy (non-hydrogen) atoms. The molecule has 0 fully saturated rings. The molecule has 0 unspecified atom stereocenters. The SMILES string of the molecule is COc1ccc2[nH]cc(-c3cnc(CN)o3)c2c1. The van der Waals surface area contributed by atoms with Crippen molar-refractivity contribution in [2.24, 2.45) is 5.73 Å². The fourth-order valence-corrected chi connectivity index (χ4v) is 1.96. The van der Waals surface area contributed by atoms with Crippen molar-refractivity contribution in [1.82, 2.24) is 9.97 Å². The molecule has 1 aromatic carbocycles. The number of rotatable bonds is 3. The Morgan fingerprint density at radius 1 is 1.44 bits per heavy atom. The Kier molecular flexibility index (Phi) is 2.53. The molecule has 5 heteroatoms. The van der Waals surface area contributed by atoms with Crippen LogP contribution in [0.25, 0.3) is 22.2 Å². The van der Waals surface area contributed by atoms with Crippen molar-refractivity contribution in [3.63, 3.8) is 0 Å². The number of nitrogens with two attached hydrogens (primary N) is 1. The number of benzene rings is 1. The zero-order chi connectivity index (χ0) is 12.5. The van der Waals surface area contributed by atoms with Gasteiger partial charge in [-0.2, -0.15) is 0 Å². The zero-order valence-electron chi connectivity index (χ0n) is 9.93. The third-order valence-corrected chi connectivity index (χ3v) is 2.88. The van der Waals surface area contributed by atoms with Crippen molar-refractivity contribution in [2.75, 3.05) is 7.11 Å². The van der Waals surface area contributed by atoms with Crippen LogP contribution in [0.5, 0.6) is 5.75 Å². The predicted octanol–water partition coefficient (Wildman–Crippen LogP) is 2.29. The summed E-state index contributed by atoms with van der Waals surface area (Å²) in [5.74, 6) is 2.04. The van der Waals surface area contributed by atoms with Crippen molar-refractivity contribution in [1.29, 1.82) is 0 Å². The highest BCUT2D eigenvalue weighted by Gasteiger charge is 2.11. The van der Waals surface area contributed by atoms with E-state index in [4.69, 9.17) is 14.9 Å². The first kappa shape index (κ1) is 10.9. The summed E-state index contributed by atoms with van der Waals surface area (Å²) in [6.07, 6.45) is 3.58. The summed E-state index contributed by atoms with van der Waals surface area (Å²) in [7, 11) is 1.65. The molecule has 2 aromatic heterocycles. The third-order valence-electron chi connectivity index (χ3n) is 2.88. The molecular weight excluding hydrogens is 230 g/mol. The van der Waals surface area contributed by atoms with E-state index in [0.717, 1.165) is 22.2 Å². The molecule has 0 bridgehead atoms. The predicted molar refractivity (Wildman–Crippen MR) is 68.2 cm³/mol. The van der Waals surface area contributed by atoms with Gasteiger partial charge in [0.05, 0.1) is 19.9 Å². The van der Waals surface area contributed by atoms with Crippen LogP contribution in [0.4, 0.5) is 0 Å². The van der Waals surface area contributed by atoms with Crippen LogP contribution in [0.15, 0.2) is 35.0 Å². The number of nitrogens with zero attached hydrogens (tertiary/aromatic N) is 1. The van der Waals surface area contributed by atoms with Crippen LogP contribution in [0.2, 0.25) is 0 Å². The fraction of sp³-hybridized carbons (Fsp3) is 0.154. The number of aromatic amines is 1. The highest BCUT2D eigenvalue weighted by atomic mass is 16.5. The van der Waals surface area contributed by atoms with Crippen LogP contribution in [0.1, 0.15) is 5.89 Å². The lowest BCUT2D eigenvalue weighted by molar-refractivity contribution is 0.415. The van der Waals surface area contributed by atoms with E-state index in [-0.39, 0.29) is 0 Å². The summed E-state index contributed by atoms with van der Waals surface area (Å²) in [6, 6.07) is 5.85. The molecule has 92 valence electrons. The van der Waals surface area contributed by atoms with Gasteiger partial charge >= 0.3 is 0 Å². The number of nitrogens with one attached hydrogen (secondary N) is 1. The standard InChI is InChI=1S/C13H13N3O2/c1-17-8-2-3-11-9(4-8)10(6-15-11)12-7-16-13(5-14)18-12/h2-4,6-7,15H,5,14H2,1H3. The zero-order valence-corrected chi connectivity index (χ0v) is 9.93. The van der Waals surface area contributed by atoms with Crippen LogP contribution in [-0.2, 0) is 6.54 Å². The molecule has 2 heterocycles. The molecule has 0 amide bonds. The smallest absolute Gasteiger partial charge is 0.208 e. The number of ether oxygens (including phenoxy) is 1. The Morgan fingerprint density at radius 3 is 3.06 bits per heavy atom. The van der Waals surface area contributed by atoms with Gasteiger partial charge in [-0.15, -0.1) is 0 Å². The average molecular weight is 243 g/mol. The summed E-state index contributed by atoms with van der Waals surface area (Å²) in [5.41, 5.74) is 7.47. The molecule has 3 rings (SSSR count). The van der Waals surface area contributed by atoms with Gasteiger partial charge in [0.1, 0.15) is 5.75 Å². The Morgan fingerprint density at radius 2 is 2.33 bits per heavy atom. The van der Waals surface area contributed by atoms with Gasteiger partial charge in [-0.1, -0.05) is 0 Å². The highest BCUT2D eigenvalue weighted by Crippen LogP contribution is 2.31. The summed E-state index contributed by atoms with van der Waals surface area (Å²) >= 11 is 0. The molecule has 0 aliphatic heterocycles. The van der Waals surface area contributed by atoms with E-state index in [9.17, 15) is 0 Å². The number of hydrogen-bond acceptors (Lipinski definition) is 4. The van der Waals surface area contributed by atoms with Crippen LogP contribution >= 0.6 is 0 Å². The summed E-state index contributed by atoms with van der Waals surface area (Å²) in [4.78, 5) is 7.29. The maximum Gasteiger partial charge on any atom is 0.208 e. The molecule has 5 nitrogen and oxygen atoms in total. The molecule has 0 radical (unpaired) electrons. The largest absolute Gasteiger partial charge is 0.497 e. The van der Waals surface area contributed by atoms with E-state index in [1.165, 1.54) is 0 Å². The molecule has 0 aliphatic carbocycles. The second kappa shape index (κ2) is 4.19. The maximum atomic E-state index is 5.56. The Balaban J connectivity index is 2.16. The Bertz CT molecular complexity index is 684. The van der Waals surface area contributed by atoms with Gasteiger partial charge in [0.2, 0.25) is 5.89 Å². The van der Waals surface area contributed by atoms with E-state index < -0.39 is 0 Å². The molecule has 3 aromatic rings. The van der Waals surface area contributed by atoms with E-state index in [1.807, 2.05) is 24.4 Å². The van der Waals surface area contributed by atoms with Crippen molar-refractivity contribution in [2.45, 2.75) is 6.54 Å². The maximum absolute atomic E-state index is 5.56. The van der Waals surface area contributed by atoms with Crippen molar-refractivity contribution in [3.8, 4) is 17.1 Å².